The fourth-order valence-corrected chi connectivity index (χ4v) is 1.50. The number of aromatic nitrogens is 1. The third-order valence-corrected chi connectivity index (χ3v) is 2.95. The molecule has 0 saturated carbocycles. The zero-order valence-electron chi connectivity index (χ0n) is 10.8. The maximum atomic E-state index is 9.79. The molecule has 1 rings (SSSR count). The smallest absolute Gasteiger partial charge is 0.0753 e. The molecule has 0 amide bonds. The Bertz CT molecular complexity index is 314. The molecule has 1 aromatic heterocycles. The second-order valence-electron chi connectivity index (χ2n) is 4.83. The number of rotatable bonds is 7. The largest absolute Gasteiger partial charge is 0.389 e. The normalized spacial score (nSPS) is 14.9. The van der Waals surface area contributed by atoms with Crippen LogP contribution in [0.5, 0.6) is 0 Å². The molecule has 1 unspecified atom stereocenters. The van der Waals surface area contributed by atoms with E-state index < -0.39 is 5.60 Å². The molecule has 0 saturated heterocycles. The van der Waals surface area contributed by atoms with E-state index in [4.69, 9.17) is 5.73 Å². The van der Waals surface area contributed by atoms with Crippen LogP contribution in [-0.4, -0.2) is 47.3 Å². The molecular formula is C13H23N3O. The molecule has 0 aliphatic rings. The first-order chi connectivity index (χ1) is 8.03. The van der Waals surface area contributed by atoms with Crippen LogP contribution in [0.25, 0.3) is 0 Å². The van der Waals surface area contributed by atoms with Crippen LogP contribution in [0.3, 0.4) is 0 Å². The van der Waals surface area contributed by atoms with Crippen LogP contribution in [0.1, 0.15) is 19.0 Å². The van der Waals surface area contributed by atoms with Crippen LogP contribution in [0.15, 0.2) is 24.4 Å². The fraction of sp³-hybridized carbons (Fsp3) is 0.615. The highest BCUT2D eigenvalue weighted by atomic mass is 16.3. The van der Waals surface area contributed by atoms with Crippen molar-refractivity contribution in [3.8, 4) is 0 Å². The van der Waals surface area contributed by atoms with E-state index in [9.17, 15) is 5.11 Å². The quantitative estimate of drug-likeness (QED) is 0.731. The molecule has 3 N–H and O–H groups in total. The standard InChI is InChI=1S/C13H23N3O/c1-13(17,11-14)7-10-16(2)9-6-12-5-3-4-8-15-12/h3-5,8,17H,6-7,9-11,14H2,1-2H3. The summed E-state index contributed by atoms with van der Waals surface area (Å²) in [5.41, 5.74) is 5.83. The van der Waals surface area contributed by atoms with Crippen molar-refractivity contribution >= 4 is 0 Å². The van der Waals surface area contributed by atoms with Gasteiger partial charge < -0.3 is 15.7 Å². The maximum absolute atomic E-state index is 9.79. The Hall–Kier alpha value is -0.970. The second kappa shape index (κ2) is 6.69. The van der Waals surface area contributed by atoms with Crippen molar-refractivity contribution in [2.24, 2.45) is 5.73 Å². The van der Waals surface area contributed by atoms with Gasteiger partial charge in [0.1, 0.15) is 0 Å². The molecule has 1 atom stereocenters. The molecule has 0 aromatic carbocycles. The molecule has 0 fully saturated rings. The van der Waals surface area contributed by atoms with Crippen LogP contribution in [0, 0.1) is 0 Å². The van der Waals surface area contributed by atoms with Gasteiger partial charge in [0.05, 0.1) is 5.60 Å². The van der Waals surface area contributed by atoms with E-state index in [1.165, 1.54) is 0 Å². The van der Waals surface area contributed by atoms with E-state index >= 15 is 0 Å². The summed E-state index contributed by atoms with van der Waals surface area (Å²) in [4.78, 5) is 6.47. The highest BCUT2D eigenvalue weighted by Gasteiger charge is 2.18. The Morgan fingerprint density at radius 3 is 2.76 bits per heavy atom. The van der Waals surface area contributed by atoms with Gasteiger partial charge in [-0.15, -0.1) is 0 Å². The summed E-state index contributed by atoms with van der Waals surface area (Å²) in [6, 6.07) is 5.96. The van der Waals surface area contributed by atoms with Crippen molar-refractivity contribution in [3.05, 3.63) is 30.1 Å². The number of hydrogen-bond donors (Lipinski definition) is 2. The summed E-state index contributed by atoms with van der Waals surface area (Å²) in [7, 11) is 2.05. The average Bonchev–Trinajstić information content (AvgIpc) is 2.35. The number of pyridine rings is 1. The predicted molar refractivity (Wildman–Crippen MR) is 69.7 cm³/mol. The monoisotopic (exact) mass is 237 g/mol. The molecule has 1 aromatic rings. The molecule has 1 heterocycles. The number of hydrogen-bond acceptors (Lipinski definition) is 4. The number of nitrogens with two attached hydrogens (primary N) is 1. The van der Waals surface area contributed by atoms with E-state index in [0.29, 0.717) is 13.0 Å². The number of nitrogens with zero attached hydrogens (tertiary/aromatic N) is 2. The molecule has 0 spiro atoms. The van der Waals surface area contributed by atoms with Crippen molar-refractivity contribution in [1.29, 1.82) is 0 Å². The van der Waals surface area contributed by atoms with Crippen LogP contribution in [-0.2, 0) is 6.42 Å². The summed E-state index contributed by atoms with van der Waals surface area (Å²) in [5, 5.41) is 9.79. The number of aliphatic hydroxyl groups is 1. The molecule has 0 aliphatic heterocycles. The lowest BCUT2D eigenvalue weighted by Gasteiger charge is -2.24. The van der Waals surface area contributed by atoms with Gasteiger partial charge in [-0.2, -0.15) is 0 Å². The Morgan fingerprint density at radius 1 is 1.41 bits per heavy atom. The van der Waals surface area contributed by atoms with Crippen LogP contribution < -0.4 is 5.73 Å². The Kier molecular flexibility index (Phi) is 5.55. The molecule has 0 radical (unpaired) electrons. The third-order valence-electron chi connectivity index (χ3n) is 2.95. The van der Waals surface area contributed by atoms with E-state index in [0.717, 1.165) is 25.2 Å². The van der Waals surface area contributed by atoms with E-state index in [1.807, 2.05) is 24.4 Å². The Labute approximate surface area is 103 Å². The highest BCUT2D eigenvalue weighted by molar-refractivity contribution is 5.03. The molecule has 0 bridgehead atoms. The zero-order chi connectivity index (χ0) is 12.7. The second-order valence-corrected chi connectivity index (χ2v) is 4.83. The van der Waals surface area contributed by atoms with Crippen molar-refractivity contribution in [2.75, 3.05) is 26.7 Å². The molecular weight excluding hydrogens is 214 g/mol. The SMILES string of the molecule is CN(CCc1ccccn1)CCC(C)(O)CN. The predicted octanol–water partition coefficient (Wildman–Crippen LogP) is 0.656. The van der Waals surface area contributed by atoms with Crippen molar-refractivity contribution in [2.45, 2.75) is 25.4 Å². The first kappa shape index (κ1) is 14.1. The minimum atomic E-state index is -0.751. The van der Waals surface area contributed by atoms with Crippen LogP contribution in [0.2, 0.25) is 0 Å². The van der Waals surface area contributed by atoms with Crippen LogP contribution >= 0.6 is 0 Å². The van der Waals surface area contributed by atoms with Gasteiger partial charge in [0, 0.05) is 37.9 Å². The van der Waals surface area contributed by atoms with Crippen molar-refractivity contribution in [1.82, 2.24) is 9.88 Å². The Balaban J connectivity index is 2.24. The Morgan fingerprint density at radius 2 is 2.18 bits per heavy atom. The van der Waals surface area contributed by atoms with Crippen LogP contribution in [0.4, 0.5) is 0 Å². The number of likely N-dealkylation sites (N-methyl/N-ethyl adjacent to an activating group) is 1. The summed E-state index contributed by atoms with van der Waals surface area (Å²) in [6.07, 6.45) is 3.44. The summed E-state index contributed by atoms with van der Waals surface area (Å²) >= 11 is 0. The first-order valence-electron chi connectivity index (χ1n) is 6.04. The van der Waals surface area contributed by atoms with Crippen molar-refractivity contribution < 1.29 is 5.11 Å². The third kappa shape index (κ3) is 5.77. The van der Waals surface area contributed by atoms with Gasteiger partial charge in [0.2, 0.25) is 0 Å². The zero-order valence-corrected chi connectivity index (χ0v) is 10.8. The van der Waals surface area contributed by atoms with Gasteiger partial charge in [0.25, 0.3) is 0 Å². The van der Waals surface area contributed by atoms with E-state index in [-0.39, 0.29) is 0 Å². The summed E-state index contributed by atoms with van der Waals surface area (Å²) in [5.74, 6) is 0. The summed E-state index contributed by atoms with van der Waals surface area (Å²) in [6.45, 7) is 3.87. The maximum Gasteiger partial charge on any atom is 0.0753 e. The molecule has 96 valence electrons. The molecule has 0 aliphatic carbocycles. The first-order valence-corrected chi connectivity index (χ1v) is 6.04. The minimum absolute atomic E-state index is 0.307. The van der Waals surface area contributed by atoms with Gasteiger partial charge in [-0.05, 0) is 32.5 Å². The van der Waals surface area contributed by atoms with Gasteiger partial charge in [-0.3, -0.25) is 4.98 Å². The lowest BCUT2D eigenvalue weighted by Crippen LogP contribution is -2.38. The fourth-order valence-electron chi connectivity index (χ4n) is 1.50. The van der Waals surface area contributed by atoms with E-state index in [1.54, 1.807) is 6.92 Å². The molecule has 4 heteroatoms. The van der Waals surface area contributed by atoms with E-state index in [2.05, 4.69) is 16.9 Å². The van der Waals surface area contributed by atoms with Gasteiger partial charge in [-0.1, -0.05) is 6.07 Å². The van der Waals surface area contributed by atoms with Crippen molar-refractivity contribution in [3.63, 3.8) is 0 Å². The average molecular weight is 237 g/mol. The van der Waals surface area contributed by atoms with Gasteiger partial charge in [0.15, 0.2) is 0 Å². The lowest BCUT2D eigenvalue weighted by molar-refractivity contribution is 0.0505. The van der Waals surface area contributed by atoms with Gasteiger partial charge in [-0.25, -0.2) is 0 Å². The molecule has 4 nitrogen and oxygen atoms in total. The molecule has 17 heavy (non-hydrogen) atoms. The topological polar surface area (TPSA) is 62.4 Å². The summed E-state index contributed by atoms with van der Waals surface area (Å²) < 4.78 is 0. The minimum Gasteiger partial charge on any atom is -0.389 e. The lowest BCUT2D eigenvalue weighted by atomic mass is 10.0. The highest BCUT2D eigenvalue weighted by Crippen LogP contribution is 2.07. The van der Waals surface area contributed by atoms with Gasteiger partial charge >= 0.3 is 0 Å².